The Morgan fingerprint density at radius 2 is 1.96 bits per heavy atom. The van der Waals surface area contributed by atoms with E-state index in [0.717, 1.165) is 26.1 Å². The first-order valence-electron chi connectivity index (χ1n) is 9.44. The minimum Gasteiger partial charge on any atom is -0.484 e. The first kappa shape index (κ1) is 21.2. The predicted molar refractivity (Wildman–Crippen MR) is 104 cm³/mol. The van der Waals surface area contributed by atoms with Crippen molar-refractivity contribution in [1.82, 2.24) is 15.1 Å². The van der Waals surface area contributed by atoms with Crippen LogP contribution in [0.5, 0.6) is 5.75 Å². The molecule has 0 saturated carbocycles. The molecule has 1 saturated heterocycles. The minimum atomic E-state index is -0.136. The van der Waals surface area contributed by atoms with E-state index < -0.39 is 0 Å². The van der Waals surface area contributed by atoms with Crippen LogP contribution in [0.25, 0.3) is 0 Å². The van der Waals surface area contributed by atoms with Crippen LogP contribution in [0.3, 0.4) is 0 Å². The van der Waals surface area contributed by atoms with Gasteiger partial charge in [-0.1, -0.05) is 6.07 Å². The van der Waals surface area contributed by atoms with Gasteiger partial charge in [-0.2, -0.15) is 0 Å². The number of rotatable bonds is 8. The summed E-state index contributed by atoms with van der Waals surface area (Å²) in [5.74, 6) is 0.244. The van der Waals surface area contributed by atoms with Crippen LogP contribution in [0, 0.1) is 0 Å². The van der Waals surface area contributed by atoms with Crippen molar-refractivity contribution in [3.05, 3.63) is 29.8 Å². The smallest absolute Gasteiger partial charge is 0.259 e. The summed E-state index contributed by atoms with van der Waals surface area (Å²) in [6.45, 7) is 7.55. The Bertz CT molecular complexity index is 625. The maximum atomic E-state index is 12.3. The Labute approximate surface area is 161 Å². The number of ether oxygens (including phenoxy) is 2. The molecule has 1 N–H and O–H groups in total. The third kappa shape index (κ3) is 7.19. The van der Waals surface area contributed by atoms with Gasteiger partial charge in [-0.25, -0.2) is 0 Å². The van der Waals surface area contributed by atoms with E-state index in [9.17, 15) is 9.59 Å². The van der Waals surface area contributed by atoms with E-state index >= 15 is 0 Å². The Morgan fingerprint density at radius 1 is 1.26 bits per heavy atom. The van der Waals surface area contributed by atoms with Crippen LogP contribution in [0.4, 0.5) is 0 Å². The molecule has 0 radical (unpaired) electrons. The molecule has 0 aliphatic carbocycles. The number of carbonyl (C=O) groups excluding carboxylic acids is 2. The quantitative estimate of drug-likeness (QED) is 0.693. The zero-order valence-corrected chi connectivity index (χ0v) is 16.7. The molecule has 2 amide bonds. The molecule has 7 nitrogen and oxygen atoms in total. The van der Waals surface area contributed by atoms with E-state index in [1.807, 2.05) is 0 Å². The van der Waals surface area contributed by atoms with Gasteiger partial charge in [0.25, 0.3) is 11.8 Å². The highest BCUT2D eigenvalue weighted by Gasteiger charge is 2.21. The van der Waals surface area contributed by atoms with Gasteiger partial charge in [0, 0.05) is 45.8 Å². The number of hydrogen-bond donors (Lipinski definition) is 1. The Kier molecular flexibility index (Phi) is 8.06. The van der Waals surface area contributed by atoms with Crippen LogP contribution in [-0.4, -0.2) is 80.7 Å². The van der Waals surface area contributed by atoms with Crippen molar-refractivity contribution in [2.75, 3.05) is 46.9 Å². The highest BCUT2D eigenvalue weighted by molar-refractivity contribution is 5.94. The highest BCUT2D eigenvalue weighted by Crippen LogP contribution is 2.14. The summed E-state index contributed by atoms with van der Waals surface area (Å²) in [5.41, 5.74) is 0.526. The molecule has 1 aromatic rings. The maximum Gasteiger partial charge on any atom is 0.259 e. The first-order chi connectivity index (χ1) is 12.8. The fourth-order valence-corrected chi connectivity index (χ4v) is 3.07. The standard InChI is InChI=1S/C20H31N3O4/c1-15-12-23(13-16(2)27-15)10-6-9-21-20(25)17-7-5-8-18(11-17)26-14-19(24)22(3)4/h5,7-8,11,15-16H,6,9-10,12-14H2,1-4H3,(H,21,25). The number of nitrogens with zero attached hydrogens (tertiary/aromatic N) is 2. The molecule has 1 aliphatic rings. The topological polar surface area (TPSA) is 71.1 Å². The van der Waals surface area contributed by atoms with Crippen molar-refractivity contribution in [2.45, 2.75) is 32.5 Å². The average molecular weight is 377 g/mol. The van der Waals surface area contributed by atoms with Gasteiger partial charge in [0.2, 0.25) is 0 Å². The van der Waals surface area contributed by atoms with E-state index in [1.54, 1.807) is 38.4 Å². The summed E-state index contributed by atoms with van der Waals surface area (Å²) in [7, 11) is 3.35. The zero-order valence-electron chi connectivity index (χ0n) is 16.7. The molecule has 7 heteroatoms. The lowest BCUT2D eigenvalue weighted by Crippen LogP contribution is -2.46. The number of nitrogens with one attached hydrogen (secondary N) is 1. The van der Waals surface area contributed by atoms with E-state index in [2.05, 4.69) is 24.1 Å². The highest BCUT2D eigenvalue weighted by atomic mass is 16.5. The number of morpholine rings is 1. The van der Waals surface area contributed by atoms with Crippen molar-refractivity contribution < 1.29 is 19.1 Å². The minimum absolute atomic E-state index is 0.0472. The number of amides is 2. The summed E-state index contributed by atoms with van der Waals surface area (Å²) < 4.78 is 11.2. The van der Waals surface area contributed by atoms with Gasteiger partial charge in [0.05, 0.1) is 12.2 Å². The second kappa shape index (κ2) is 10.3. The molecule has 1 fully saturated rings. The van der Waals surface area contributed by atoms with Crippen molar-refractivity contribution in [3.8, 4) is 5.75 Å². The van der Waals surface area contributed by atoms with E-state index in [1.165, 1.54) is 4.90 Å². The number of carbonyl (C=O) groups is 2. The monoisotopic (exact) mass is 377 g/mol. The maximum absolute atomic E-state index is 12.3. The van der Waals surface area contributed by atoms with Crippen LogP contribution in [0.2, 0.25) is 0 Å². The van der Waals surface area contributed by atoms with E-state index in [-0.39, 0.29) is 30.6 Å². The molecule has 1 aliphatic heterocycles. The Morgan fingerprint density at radius 3 is 2.63 bits per heavy atom. The summed E-state index contributed by atoms with van der Waals surface area (Å²) in [5, 5.41) is 2.94. The summed E-state index contributed by atoms with van der Waals surface area (Å²) in [6.07, 6.45) is 1.40. The van der Waals surface area contributed by atoms with Crippen molar-refractivity contribution in [1.29, 1.82) is 0 Å². The second-order valence-corrected chi connectivity index (χ2v) is 7.23. The number of hydrogen-bond acceptors (Lipinski definition) is 5. The fourth-order valence-electron chi connectivity index (χ4n) is 3.07. The van der Waals surface area contributed by atoms with Crippen LogP contribution in [-0.2, 0) is 9.53 Å². The van der Waals surface area contributed by atoms with Gasteiger partial charge in [-0.05, 0) is 38.5 Å². The van der Waals surface area contributed by atoms with Crippen molar-refractivity contribution in [3.63, 3.8) is 0 Å². The van der Waals surface area contributed by atoms with Gasteiger partial charge < -0.3 is 19.7 Å². The largest absolute Gasteiger partial charge is 0.484 e. The third-order valence-corrected chi connectivity index (χ3v) is 4.39. The fraction of sp³-hybridized carbons (Fsp3) is 0.600. The van der Waals surface area contributed by atoms with E-state index in [0.29, 0.717) is 17.9 Å². The molecule has 1 heterocycles. The van der Waals surface area contributed by atoms with Crippen molar-refractivity contribution >= 4 is 11.8 Å². The summed E-state index contributed by atoms with van der Waals surface area (Å²) >= 11 is 0. The molecule has 2 atom stereocenters. The van der Waals surface area contributed by atoms with Gasteiger partial charge in [0.1, 0.15) is 5.75 Å². The first-order valence-corrected chi connectivity index (χ1v) is 9.44. The number of benzene rings is 1. The van der Waals surface area contributed by atoms with Gasteiger partial charge in [-0.3, -0.25) is 14.5 Å². The predicted octanol–water partition coefficient (Wildman–Crippen LogP) is 1.38. The molecular weight excluding hydrogens is 346 g/mol. The third-order valence-electron chi connectivity index (χ3n) is 4.39. The zero-order chi connectivity index (χ0) is 19.8. The molecule has 0 bridgehead atoms. The lowest BCUT2D eigenvalue weighted by Gasteiger charge is -2.35. The van der Waals surface area contributed by atoms with Crippen LogP contribution in [0.1, 0.15) is 30.6 Å². The van der Waals surface area contributed by atoms with Gasteiger partial charge in [-0.15, -0.1) is 0 Å². The molecule has 2 rings (SSSR count). The molecule has 0 spiro atoms. The molecular formula is C20H31N3O4. The Balaban J connectivity index is 1.74. The lowest BCUT2D eigenvalue weighted by molar-refractivity contribution is -0.130. The molecule has 2 unspecified atom stereocenters. The van der Waals surface area contributed by atoms with Crippen LogP contribution >= 0.6 is 0 Å². The molecule has 1 aromatic carbocycles. The van der Waals surface area contributed by atoms with Gasteiger partial charge in [0.15, 0.2) is 6.61 Å². The summed E-state index contributed by atoms with van der Waals surface area (Å²) in [4.78, 5) is 27.8. The van der Waals surface area contributed by atoms with Crippen LogP contribution in [0.15, 0.2) is 24.3 Å². The lowest BCUT2D eigenvalue weighted by atomic mass is 10.2. The van der Waals surface area contributed by atoms with Gasteiger partial charge >= 0.3 is 0 Å². The number of likely N-dealkylation sites (N-methyl/N-ethyl adjacent to an activating group) is 1. The SMILES string of the molecule is CC1CN(CCCNC(=O)c2cccc(OCC(=O)N(C)C)c2)CC(C)O1. The van der Waals surface area contributed by atoms with Crippen LogP contribution < -0.4 is 10.1 Å². The average Bonchev–Trinajstić information content (AvgIpc) is 2.62. The Hall–Kier alpha value is -2.12. The second-order valence-electron chi connectivity index (χ2n) is 7.23. The molecule has 0 aromatic heterocycles. The van der Waals surface area contributed by atoms with E-state index in [4.69, 9.17) is 9.47 Å². The van der Waals surface area contributed by atoms with Crippen molar-refractivity contribution in [2.24, 2.45) is 0 Å². The molecule has 150 valence electrons. The normalized spacial score (nSPS) is 20.1. The summed E-state index contributed by atoms with van der Waals surface area (Å²) in [6, 6.07) is 6.88. The molecule has 27 heavy (non-hydrogen) atoms.